The molecule has 0 bridgehead atoms. The molecule has 2 atom stereocenters. The minimum atomic E-state index is -0.940. The standard InChI is InChI=1S/C22H26N4O5/c27-18-4-3-17(19(28)25-18)26-20(29)15-2-1-13(9-16(15)21(26)30)11-24-12-14-10-22(31-14)5-7-23-8-6-22/h1-2,9,14,17,23-24H,3-8,10-12H2,(H,25,27,28). The van der Waals surface area contributed by atoms with Crippen LogP contribution in [0.5, 0.6) is 0 Å². The number of hydrogen-bond acceptors (Lipinski definition) is 7. The normalized spacial score (nSPS) is 27.3. The van der Waals surface area contributed by atoms with Crippen molar-refractivity contribution in [1.82, 2.24) is 20.9 Å². The molecule has 4 heterocycles. The number of nitrogens with one attached hydrogen (secondary N) is 3. The maximum Gasteiger partial charge on any atom is 0.262 e. The molecule has 2 unspecified atom stereocenters. The van der Waals surface area contributed by atoms with Gasteiger partial charge in [-0.05, 0) is 50.0 Å². The SMILES string of the molecule is O=C1CCC(N2C(=O)c3ccc(CNCC4CC5(CCNCC5)O4)cc3C2=O)C(=O)N1. The van der Waals surface area contributed by atoms with E-state index in [0.717, 1.165) is 49.4 Å². The van der Waals surface area contributed by atoms with Crippen LogP contribution in [-0.2, 0) is 20.9 Å². The minimum Gasteiger partial charge on any atom is -0.370 e. The Hall–Kier alpha value is -2.62. The molecule has 9 nitrogen and oxygen atoms in total. The number of fused-ring (bicyclic) bond motifs is 1. The molecule has 0 radical (unpaired) electrons. The molecule has 3 N–H and O–H groups in total. The number of imide groups is 2. The van der Waals surface area contributed by atoms with Crippen LogP contribution in [0.4, 0.5) is 0 Å². The van der Waals surface area contributed by atoms with E-state index in [4.69, 9.17) is 4.74 Å². The van der Waals surface area contributed by atoms with Crippen LogP contribution in [0.25, 0.3) is 0 Å². The summed E-state index contributed by atoms with van der Waals surface area (Å²) in [5, 5.41) is 8.94. The molecule has 0 aromatic heterocycles. The molecule has 3 saturated heterocycles. The van der Waals surface area contributed by atoms with Crippen molar-refractivity contribution in [1.29, 1.82) is 0 Å². The zero-order valence-corrected chi connectivity index (χ0v) is 17.2. The highest BCUT2D eigenvalue weighted by atomic mass is 16.5. The summed E-state index contributed by atoms with van der Waals surface area (Å²) in [6, 6.07) is 4.23. The van der Waals surface area contributed by atoms with Gasteiger partial charge in [-0.1, -0.05) is 6.07 Å². The van der Waals surface area contributed by atoms with E-state index in [2.05, 4.69) is 16.0 Å². The van der Waals surface area contributed by atoms with E-state index in [1.54, 1.807) is 12.1 Å². The molecule has 4 aliphatic heterocycles. The maximum absolute atomic E-state index is 12.9. The van der Waals surface area contributed by atoms with Crippen LogP contribution in [0.3, 0.4) is 0 Å². The summed E-state index contributed by atoms with van der Waals surface area (Å²) < 4.78 is 6.14. The average Bonchev–Trinajstić information content (AvgIpc) is 2.98. The molecule has 3 fully saturated rings. The fourth-order valence-corrected chi connectivity index (χ4v) is 5.08. The van der Waals surface area contributed by atoms with E-state index in [1.165, 1.54) is 0 Å². The quantitative estimate of drug-likeness (QED) is 0.571. The van der Waals surface area contributed by atoms with Gasteiger partial charge in [0.15, 0.2) is 0 Å². The molecule has 0 saturated carbocycles. The number of piperidine rings is 2. The van der Waals surface area contributed by atoms with Crippen molar-refractivity contribution < 1.29 is 23.9 Å². The summed E-state index contributed by atoms with van der Waals surface area (Å²) in [4.78, 5) is 50.2. The van der Waals surface area contributed by atoms with Crippen LogP contribution in [0.2, 0.25) is 0 Å². The molecule has 1 aromatic carbocycles. The first-order valence-electron chi connectivity index (χ1n) is 10.9. The smallest absolute Gasteiger partial charge is 0.262 e. The lowest BCUT2D eigenvalue weighted by molar-refractivity contribution is -0.214. The number of benzene rings is 1. The van der Waals surface area contributed by atoms with Crippen molar-refractivity contribution in [2.24, 2.45) is 0 Å². The van der Waals surface area contributed by atoms with Crippen molar-refractivity contribution in [3.8, 4) is 0 Å². The zero-order valence-electron chi connectivity index (χ0n) is 17.2. The lowest BCUT2D eigenvalue weighted by atomic mass is 9.81. The van der Waals surface area contributed by atoms with Gasteiger partial charge in [-0.2, -0.15) is 0 Å². The lowest BCUT2D eigenvalue weighted by Gasteiger charge is -2.50. The summed E-state index contributed by atoms with van der Waals surface area (Å²) in [6.45, 7) is 3.32. The molecule has 1 spiro atoms. The highest BCUT2D eigenvalue weighted by Gasteiger charge is 2.46. The van der Waals surface area contributed by atoms with Gasteiger partial charge in [-0.3, -0.25) is 29.4 Å². The van der Waals surface area contributed by atoms with Crippen molar-refractivity contribution >= 4 is 23.6 Å². The van der Waals surface area contributed by atoms with E-state index in [-0.39, 0.29) is 30.5 Å². The Morgan fingerprint density at radius 1 is 1.10 bits per heavy atom. The summed E-state index contributed by atoms with van der Waals surface area (Å²) in [5.41, 5.74) is 1.56. The average molecular weight is 426 g/mol. The van der Waals surface area contributed by atoms with E-state index in [9.17, 15) is 19.2 Å². The third-order valence-corrected chi connectivity index (χ3v) is 6.74. The van der Waals surface area contributed by atoms with Crippen LogP contribution in [0.15, 0.2) is 18.2 Å². The van der Waals surface area contributed by atoms with Crippen molar-refractivity contribution in [3.63, 3.8) is 0 Å². The van der Waals surface area contributed by atoms with E-state index in [1.807, 2.05) is 6.07 Å². The molecule has 4 aliphatic rings. The number of carbonyl (C=O) groups excluding carboxylic acids is 4. The maximum atomic E-state index is 12.9. The van der Waals surface area contributed by atoms with Crippen LogP contribution in [0, 0.1) is 0 Å². The Kier molecular flexibility index (Phi) is 5.11. The van der Waals surface area contributed by atoms with Gasteiger partial charge in [0, 0.05) is 25.9 Å². The Balaban J connectivity index is 1.19. The largest absolute Gasteiger partial charge is 0.370 e. The van der Waals surface area contributed by atoms with Crippen LogP contribution in [0.1, 0.15) is 58.4 Å². The summed E-state index contributed by atoms with van der Waals surface area (Å²) >= 11 is 0. The summed E-state index contributed by atoms with van der Waals surface area (Å²) in [5.74, 6) is -1.94. The second-order valence-corrected chi connectivity index (χ2v) is 8.84. The molecular formula is C22H26N4O5. The van der Waals surface area contributed by atoms with Crippen LogP contribution in [-0.4, -0.2) is 65.9 Å². The Morgan fingerprint density at radius 3 is 2.58 bits per heavy atom. The topological polar surface area (TPSA) is 117 Å². The van der Waals surface area contributed by atoms with Gasteiger partial charge in [0.05, 0.1) is 22.8 Å². The molecule has 9 heteroatoms. The summed E-state index contributed by atoms with van der Waals surface area (Å²) in [6.07, 6.45) is 3.67. The van der Waals surface area contributed by atoms with Gasteiger partial charge in [-0.15, -0.1) is 0 Å². The Morgan fingerprint density at radius 2 is 1.84 bits per heavy atom. The van der Waals surface area contributed by atoms with Crippen molar-refractivity contribution in [3.05, 3.63) is 34.9 Å². The van der Waals surface area contributed by atoms with Gasteiger partial charge < -0.3 is 15.4 Å². The first-order chi connectivity index (χ1) is 15.0. The monoisotopic (exact) mass is 426 g/mol. The second-order valence-electron chi connectivity index (χ2n) is 8.84. The highest BCUT2D eigenvalue weighted by molar-refractivity contribution is 6.23. The Labute approximate surface area is 179 Å². The fraction of sp³-hybridized carbons (Fsp3) is 0.545. The third kappa shape index (κ3) is 3.66. The molecule has 4 amide bonds. The number of ether oxygens (including phenoxy) is 1. The van der Waals surface area contributed by atoms with Gasteiger partial charge >= 0.3 is 0 Å². The van der Waals surface area contributed by atoms with Crippen molar-refractivity contribution in [2.75, 3.05) is 19.6 Å². The number of amides is 4. The molecular weight excluding hydrogens is 400 g/mol. The highest BCUT2D eigenvalue weighted by Crippen LogP contribution is 2.39. The van der Waals surface area contributed by atoms with Gasteiger partial charge in [0.25, 0.3) is 11.8 Å². The minimum absolute atomic E-state index is 0.0669. The molecule has 1 aromatic rings. The fourth-order valence-electron chi connectivity index (χ4n) is 5.08. The molecule has 0 aliphatic carbocycles. The van der Waals surface area contributed by atoms with Gasteiger partial charge in [-0.25, -0.2) is 0 Å². The third-order valence-electron chi connectivity index (χ3n) is 6.74. The van der Waals surface area contributed by atoms with Gasteiger partial charge in [0.1, 0.15) is 6.04 Å². The molecule has 31 heavy (non-hydrogen) atoms. The van der Waals surface area contributed by atoms with Gasteiger partial charge in [0.2, 0.25) is 11.8 Å². The van der Waals surface area contributed by atoms with Crippen molar-refractivity contribution in [2.45, 2.75) is 56.4 Å². The van der Waals surface area contributed by atoms with E-state index < -0.39 is 23.8 Å². The lowest BCUT2D eigenvalue weighted by Crippen LogP contribution is -2.58. The van der Waals surface area contributed by atoms with Crippen LogP contribution < -0.4 is 16.0 Å². The van der Waals surface area contributed by atoms with Crippen LogP contribution >= 0.6 is 0 Å². The number of hydrogen-bond donors (Lipinski definition) is 3. The molecule has 5 rings (SSSR count). The van der Waals surface area contributed by atoms with E-state index in [0.29, 0.717) is 17.7 Å². The van der Waals surface area contributed by atoms with E-state index >= 15 is 0 Å². The first-order valence-corrected chi connectivity index (χ1v) is 10.9. The first kappa shape index (κ1) is 20.3. The second kappa shape index (κ2) is 7.81. The number of nitrogens with zero attached hydrogens (tertiary/aromatic N) is 1. The number of rotatable bonds is 5. The summed E-state index contributed by atoms with van der Waals surface area (Å²) in [7, 11) is 0. The number of carbonyl (C=O) groups is 4. The predicted molar refractivity (Wildman–Crippen MR) is 109 cm³/mol. The predicted octanol–water partition coefficient (Wildman–Crippen LogP) is 0.0885. The molecule has 164 valence electrons. The zero-order chi connectivity index (χ0) is 21.6. The Bertz CT molecular complexity index is 947.